The maximum Gasteiger partial charge on any atom is 0.136 e. The lowest BCUT2D eigenvalue weighted by atomic mass is 9.82. The van der Waals surface area contributed by atoms with Crippen LogP contribution in [0.4, 0.5) is 0 Å². The third-order valence-corrected chi connectivity index (χ3v) is 20.2. The standard InChI is InChI=1S/C92H54O2/c1-2-19-55(20-3-1)63-45-46-67-65(47-63)25-16-34-68(67)87-69-26-8-10-28-71(69)88(72-29-11-9-27-70(72)87)77-35-18-38-84-92(77)82-52-64-44-43-62(48-66(64)54-86(82)94-84)56-39-41-57(42-40-56)79-49-58-21-4-5-22-59(58)50-80(79)90-75-32-14-12-30-73(75)89(74-31-13-15-33-76(74)90)78-36-17-37-83-91(78)81-51-60-23-6-7-24-61(60)53-85(81)93-83/h1-54H. The molecule has 0 aliphatic rings. The maximum absolute atomic E-state index is 6.94. The summed E-state index contributed by atoms with van der Waals surface area (Å²) in [6.07, 6.45) is 0. The van der Waals surface area contributed by atoms with E-state index in [1.807, 2.05) is 0 Å². The van der Waals surface area contributed by atoms with Crippen LogP contribution in [0.5, 0.6) is 0 Å². The lowest BCUT2D eigenvalue weighted by Crippen LogP contribution is -1.93. The lowest BCUT2D eigenvalue weighted by molar-refractivity contribution is 0.669. The lowest BCUT2D eigenvalue weighted by Gasteiger charge is -2.21. The second-order valence-electron chi connectivity index (χ2n) is 25.3. The van der Waals surface area contributed by atoms with Crippen LogP contribution < -0.4 is 0 Å². The Kier molecular flexibility index (Phi) is 11.5. The molecule has 434 valence electrons. The number of fused-ring (bicyclic) bond motifs is 14. The number of hydrogen-bond acceptors (Lipinski definition) is 2. The monoisotopic (exact) mass is 1190 g/mol. The van der Waals surface area contributed by atoms with Crippen LogP contribution in [0.25, 0.3) is 208 Å². The molecule has 0 atom stereocenters. The van der Waals surface area contributed by atoms with Gasteiger partial charge in [0, 0.05) is 21.5 Å². The van der Waals surface area contributed by atoms with Gasteiger partial charge in [-0.15, -0.1) is 0 Å². The third kappa shape index (κ3) is 8.03. The Morgan fingerprint density at radius 3 is 1.03 bits per heavy atom. The van der Waals surface area contributed by atoms with E-state index in [-0.39, 0.29) is 0 Å². The van der Waals surface area contributed by atoms with E-state index < -0.39 is 0 Å². The minimum absolute atomic E-state index is 0.871. The quantitative estimate of drug-likeness (QED) is 0.149. The van der Waals surface area contributed by atoms with Crippen molar-refractivity contribution in [3.8, 4) is 77.9 Å². The van der Waals surface area contributed by atoms with Crippen LogP contribution in [-0.4, -0.2) is 0 Å². The Morgan fingerprint density at radius 1 is 0.149 bits per heavy atom. The van der Waals surface area contributed by atoms with E-state index in [1.165, 1.54) is 131 Å². The Balaban J connectivity index is 0.695. The van der Waals surface area contributed by atoms with Gasteiger partial charge in [-0.25, -0.2) is 0 Å². The molecule has 2 heteroatoms. The van der Waals surface area contributed by atoms with Crippen molar-refractivity contribution in [2.45, 2.75) is 0 Å². The van der Waals surface area contributed by atoms with E-state index in [9.17, 15) is 0 Å². The third-order valence-electron chi connectivity index (χ3n) is 20.2. The van der Waals surface area contributed by atoms with E-state index >= 15 is 0 Å². The van der Waals surface area contributed by atoms with Crippen molar-refractivity contribution in [3.05, 3.63) is 328 Å². The molecule has 20 aromatic rings. The van der Waals surface area contributed by atoms with E-state index in [2.05, 4.69) is 328 Å². The summed E-state index contributed by atoms with van der Waals surface area (Å²) in [7, 11) is 0. The smallest absolute Gasteiger partial charge is 0.136 e. The van der Waals surface area contributed by atoms with Crippen molar-refractivity contribution < 1.29 is 8.83 Å². The SMILES string of the molecule is c1ccc(-c2ccc3c(-c4c5ccccc5c(-c5cccc6oc7cc8cc(-c9ccc(-c%10cc%11ccccc%11cc%10-c%10c%11ccccc%11c(-c%11cccc%12oc%13cc%14ccccc%14cc%13c%11%12)c%11ccccc%10%11)cc9)ccc8cc7c56)c5ccccc45)cccc3c2)cc1. The Bertz CT molecular complexity index is 6470. The summed E-state index contributed by atoms with van der Waals surface area (Å²) < 4.78 is 13.6. The summed E-state index contributed by atoms with van der Waals surface area (Å²) in [4.78, 5) is 0. The second-order valence-corrected chi connectivity index (χ2v) is 25.3. The van der Waals surface area contributed by atoms with Crippen LogP contribution in [0, 0.1) is 0 Å². The van der Waals surface area contributed by atoms with Crippen LogP contribution >= 0.6 is 0 Å². The predicted molar refractivity (Wildman–Crippen MR) is 399 cm³/mol. The molecule has 0 fully saturated rings. The summed E-state index contributed by atoms with van der Waals surface area (Å²) in [6.45, 7) is 0. The second kappa shape index (κ2) is 20.6. The molecule has 0 aliphatic heterocycles. The minimum atomic E-state index is 0.871. The van der Waals surface area contributed by atoms with Crippen LogP contribution in [0.2, 0.25) is 0 Å². The molecular weight excluding hydrogens is 1140 g/mol. The Morgan fingerprint density at radius 2 is 0.500 bits per heavy atom. The van der Waals surface area contributed by atoms with Gasteiger partial charge >= 0.3 is 0 Å². The molecule has 2 nitrogen and oxygen atoms in total. The fourth-order valence-electron chi connectivity index (χ4n) is 15.9. The van der Waals surface area contributed by atoms with E-state index in [4.69, 9.17) is 8.83 Å². The highest BCUT2D eigenvalue weighted by atomic mass is 16.3. The van der Waals surface area contributed by atoms with Gasteiger partial charge < -0.3 is 8.83 Å². The number of rotatable bonds is 7. The molecule has 0 N–H and O–H groups in total. The molecule has 2 heterocycles. The van der Waals surface area contributed by atoms with Gasteiger partial charge in [0.2, 0.25) is 0 Å². The Labute approximate surface area is 541 Å². The van der Waals surface area contributed by atoms with Gasteiger partial charge in [-0.05, 0) is 225 Å². The molecule has 20 rings (SSSR count). The summed E-state index contributed by atoms with van der Waals surface area (Å²) >= 11 is 0. The van der Waals surface area contributed by atoms with Crippen molar-refractivity contribution >= 4 is 130 Å². The minimum Gasteiger partial charge on any atom is -0.456 e. The highest BCUT2D eigenvalue weighted by Gasteiger charge is 2.25. The fraction of sp³-hybridized carbons (Fsp3) is 0. The van der Waals surface area contributed by atoms with Gasteiger partial charge in [-0.2, -0.15) is 0 Å². The molecular formula is C92H54O2. The highest BCUT2D eigenvalue weighted by molar-refractivity contribution is 6.29. The van der Waals surface area contributed by atoms with Gasteiger partial charge in [0.25, 0.3) is 0 Å². The topological polar surface area (TPSA) is 26.3 Å². The zero-order chi connectivity index (χ0) is 61.5. The fourth-order valence-corrected chi connectivity index (χ4v) is 15.9. The van der Waals surface area contributed by atoms with Crippen LogP contribution in [0.15, 0.2) is 336 Å². The number of hydrogen-bond donors (Lipinski definition) is 0. The zero-order valence-corrected chi connectivity index (χ0v) is 51.0. The molecule has 0 amide bonds. The first-order chi connectivity index (χ1) is 46.6. The highest BCUT2D eigenvalue weighted by Crippen LogP contribution is 2.52. The molecule has 0 saturated heterocycles. The first kappa shape index (κ1) is 52.4. The normalized spacial score (nSPS) is 12.0. The van der Waals surface area contributed by atoms with Gasteiger partial charge in [0.05, 0.1) is 0 Å². The number of furan rings is 2. The first-order valence-electron chi connectivity index (χ1n) is 32.4. The molecule has 94 heavy (non-hydrogen) atoms. The van der Waals surface area contributed by atoms with Crippen molar-refractivity contribution in [2.24, 2.45) is 0 Å². The predicted octanol–water partition coefficient (Wildman–Crippen LogP) is 26.4. The molecule has 0 spiro atoms. The number of benzene rings is 18. The summed E-state index contributed by atoms with van der Waals surface area (Å²) in [5.74, 6) is 0. The van der Waals surface area contributed by atoms with Crippen molar-refractivity contribution in [2.75, 3.05) is 0 Å². The first-order valence-corrected chi connectivity index (χ1v) is 32.4. The van der Waals surface area contributed by atoms with Crippen molar-refractivity contribution in [1.29, 1.82) is 0 Å². The van der Waals surface area contributed by atoms with Crippen LogP contribution in [0.1, 0.15) is 0 Å². The molecule has 0 unspecified atom stereocenters. The summed E-state index contributed by atoms with van der Waals surface area (Å²) in [6, 6.07) is 121. The van der Waals surface area contributed by atoms with E-state index in [1.54, 1.807) is 0 Å². The van der Waals surface area contributed by atoms with Crippen molar-refractivity contribution in [3.63, 3.8) is 0 Å². The van der Waals surface area contributed by atoms with Gasteiger partial charge in [-0.1, -0.05) is 267 Å². The van der Waals surface area contributed by atoms with Gasteiger partial charge in [-0.3, -0.25) is 0 Å². The molecule has 0 saturated carbocycles. The van der Waals surface area contributed by atoms with Crippen molar-refractivity contribution in [1.82, 2.24) is 0 Å². The van der Waals surface area contributed by atoms with E-state index in [0.29, 0.717) is 0 Å². The van der Waals surface area contributed by atoms with Crippen LogP contribution in [-0.2, 0) is 0 Å². The molecule has 0 aliphatic carbocycles. The molecule has 2 aromatic heterocycles. The zero-order valence-electron chi connectivity index (χ0n) is 51.0. The summed E-state index contributed by atoms with van der Waals surface area (Å²) in [5.41, 5.74) is 20.3. The van der Waals surface area contributed by atoms with Gasteiger partial charge in [0.15, 0.2) is 0 Å². The maximum atomic E-state index is 6.94. The summed E-state index contributed by atoms with van der Waals surface area (Å²) in [5, 5.41) is 23.7. The van der Waals surface area contributed by atoms with Crippen LogP contribution in [0.3, 0.4) is 0 Å². The average molecular weight is 1190 g/mol. The van der Waals surface area contributed by atoms with Gasteiger partial charge in [0.1, 0.15) is 22.3 Å². The average Bonchev–Trinajstić information content (AvgIpc) is 1.54. The molecule has 18 aromatic carbocycles. The Hall–Kier alpha value is -12.4. The molecule has 0 radical (unpaired) electrons. The largest absolute Gasteiger partial charge is 0.456 e. The van der Waals surface area contributed by atoms with E-state index in [0.717, 1.165) is 76.9 Å². The molecule has 0 bridgehead atoms.